The Morgan fingerprint density at radius 1 is 0.846 bits per heavy atom. The number of benzene rings is 4. The summed E-state index contributed by atoms with van der Waals surface area (Å²) in [6, 6.07) is 16.2. The summed E-state index contributed by atoms with van der Waals surface area (Å²) < 4.78 is 59.0. The number of nitrogens with one attached hydrogen (secondary N) is 2. The Bertz CT molecular complexity index is 1660. The van der Waals surface area contributed by atoms with Crippen LogP contribution in [0.1, 0.15) is 15.9 Å². The van der Waals surface area contributed by atoms with Gasteiger partial charge < -0.3 is 10.1 Å². The highest BCUT2D eigenvalue weighted by Gasteiger charge is 2.20. The summed E-state index contributed by atoms with van der Waals surface area (Å²) in [4.78, 5) is 24.5. The third-order valence-electron chi connectivity index (χ3n) is 5.43. The van der Waals surface area contributed by atoms with Gasteiger partial charge in [-0.25, -0.2) is 22.0 Å². The zero-order valence-electron chi connectivity index (χ0n) is 20.0. The lowest BCUT2D eigenvalue weighted by atomic mass is 10.2. The number of hydrogen-bond donors (Lipinski definition) is 2. The molecule has 0 saturated heterocycles. The summed E-state index contributed by atoms with van der Waals surface area (Å²) >= 11 is 12.1. The van der Waals surface area contributed by atoms with Crippen molar-refractivity contribution in [2.45, 2.75) is 16.7 Å². The number of urea groups is 1. The van der Waals surface area contributed by atoms with Gasteiger partial charge in [-0.2, -0.15) is 0 Å². The van der Waals surface area contributed by atoms with Gasteiger partial charge in [0.1, 0.15) is 28.7 Å². The van der Waals surface area contributed by atoms with Crippen LogP contribution in [0.4, 0.5) is 19.3 Å². The van der Waals surface area contributed by atoms with Gasteiger partial charge in [-0.05, 0) is 85.3 Å². The van der Waals surface area contributed by atoms with Crippen LogP contribution in [-0.4, -0.2) is 20.4 Å². The molecule has 3 amide bonds. The van der Waals surface area contributed by atoms with Crippen molar-refractivity contribution in [1.29, 1.82) is 0 Å². The van der Waals surface area contributed by atoms with Crippen molar-refractivity contribution in [3.05, 3.63) is 112 Å². The molecule has 12 heteroatoms. The van der Waals surface area contributed by atoms with Crippen LogP contribution in [-0.2, 0) is 9.84 Å². The topological polar surface area (TPSA) is 102 Å². The Morgan fingerprint density at radius 3 is 2.00 bits per heavy atom. The zero-order chi connectivity index (χ0) is 28.3. The maximum Gasteiger partial charge on any atom is 0.326 e. The molecular formula is C27H18Cl2F2N2O5S. The van der Waals surface area contributed by atoms with Crippen molar-refractivity contribution in [2.24, 2.45) is 0 Å². The molecule has 7 nitrogen and oxygen atoms in total. The van der Waals surface area contributed by atoms with Crippen LogP contribution in [0.3, 0.4) is 0 Å². The molecule has 0 radical (unpaired) electrons. The second-order valence-electron chi connectivity index (χ2n) is 8.13. The van der Waals surface area contributed by atoms with E-state index in [0.717, 1.165) is 18.2 Å². The van der Waals surface area contributed by atoms with Crippen molar-refractivity contribution in [2.75, 3.05) is 5.32 Å². The van der Waals surface area contributed by atoms with Crippen LogP contribution in [0.25, 0.3) is 0 Å². The minimum Gasteiger partial charge on any atom is -0.456 e. The number of sulfone groups is 1. The van der Waals surface area contributed by atoms with Crippen LogP contribution in [0, 0.1) is 18.6 Å². The Balaban J connectivity index is 1.45. The number of hydrogen-bond acceptors (Lipinski definition) is 5. The molecule has 4 aromatic carbocycles. The van der Waals surface area contributed by atoms with E-state index in [1.807, 2.05) is 5.32 Å². The summed E-state index contributed by atoms with van der Waals surface area (Å²) in [7, 11) is -3.76. The number of rotatable bonds is 6. The normalized spacial score (nSPS) is 11.1. The number of anilines is 1. The van der Waals surface area contributed by atoms with Crippen molar-refractivity contribution < 1.29 is 31.5 Å². The van der Waals surface area contributed by atoms with Gasteiger partial charge in [0.15, 0.2) is 0 Å². The molecule has 0 saturated carbocycles. The molecule has 0 bridgehead atoms. The van der Waals surface area contributed by atoms with Gasteiger partial charge >= 0.3 is 6.03 Å². The lowest BCUT2D eigenvalue weighted by Gasteiger charge is -2.14. The second kappa shape index (κ2) is 11.4. The van der Waals surface area contributed by atoms with Crippen molar-refractivity contribution in [3.63, 3.8) is 0 Å². The molecule has 0 aromatic heterocycles. The van der Waals surface area contributed by atoms with Gasteiger partial charge in [-0.15, -0.1) is 0 Å². The lowest BCUT2D eigenvalue weighted by Crippen LogP contribution is -2.35. The fourth-order valence-corrected chi connectivity index (χ4v) is 5.05. The van der Waals surface area contributed by atoms with E-state index < -0.39 is 39.0 Å². The highest BCUT2D eigenvalue weighted by atomic mass is 35.5. The van der Waals surface area contributed by atoms with Crippen LogP contribution in [0.5, 0.6) is 11.5 Å². The molecule has 4 aromatic rings. The predicted molar refractivity (Wildman–Crippen MR) is 142 cm³/mol. The van der Waals surface area contributed by atoms with Crippen molar-refractivity contribution in [3.8, 4) is 11.5 Å². The second-order valence-corrected chi connectivity index (χ2v) is 10.9. The Kier molecular flexibility index (Phi) is 8.19. The first kappa shape index (κ1) is 28.0. The number of amides is 3. The number of halogens is 4. The van der Waals surface area contributed by atoms with Crippen LogP contribution in [0.2, 0.25) is 10.0 Å². The van der Waals surface area contributed by atoms with Crippen LogP contribution >= 0.6 is 23.2 Å². The molecule has 0 spiro atoms. The van der Waals surface area contributed by atoms with E-state index in [1.165, 1.54) is 60.7 Å². The van der Waals surface area contributed by atoms with E-state index >= 15 is 0 Å². The average molecular weight is 591 g/mol. The first-order valence-corrected chi connectivity index (χ1v) is 13.3. The number of carbonyl (C=O) groups excluding carboxylic acids is 2. The fourth-order valence-electron chi connectivity index (χ4n) is 3.47. The molecule has 2 N–H and O–H groups in total. The summed E-state index contributed by atoms with van der Waals surface area (Å²) in [5.41, 5.74) is -0.204. The molecule has 39 heavy (non-hydrogen) atoms. The van der Waals surface area contributed by atoms with Gasteiger partial charge in [0.2, 0.25) is 9.84 Å². The minimum absolute atomic E-state index is 0.0508. The average Bonchev–Trinajstić information content (AvgIpc) is 2.87. The molecule has 0 atom stereocenters. The minimum atomic E-state index is -3.76. The third kappa shape index (κ3) is 6.36. The molecule has 0 fully saturated rings. The summed E-state index contributed by atoms with van der Waals surface area (Å²) in [6.45, 7) is 1.62. The third-order valence-corrected chi connectivity index (χ3v) is 7.76. The fraction of sp³-hybridized carbons (Fsp3) is 0.0370. The molecule has 0 aliphatic rings. The highest BCUT2D eigenvalue weighted by molar-refractivity contribution is 7.91. The van der Waals surface area contributed by atoms with E-state index in [4.69, 9.17) is 27.9 Å². The lowest BCUT2D eigenvalue weighted by molar-refractivity contribution is 0.0959. The number of carbonyl (C=O) groups is 2. The standard InChI is InChI=1S/C27H18Cl2F2N2O5S/c1-15-13-24(38-17-7-11-19(12-8-17)39(36,37)18-9-5-16(28)6-10-18)20(29)14-23(15)32-27(35)33-26(34)25-21(30)3-2-4-22(25)31/h2-14H,1H3,(H2,32,33,34,35). The molecule has 0 heterocycles. The first-order chi connectivity index (χ1) is 18.5. The van der Waals surface area contributed by atoms with Gasteiger partial charge in [0.25, 0.3) is 5.91 Å². The van der Waals surface area contributed by atoms with E-state index in [-0.39, 0.29) is 26.3 Å². The van der Waals surface area contributed by atoms with E-state index in [0.29, 0.717) is 16.3 Å². The Labute approximate surface area is 232 Å². The quantitative estimate of drug-likeness (QED) is 0.248. The number of imide groups is 1. The molecular weight excluding hydrogens is 573 g/mol. The molecule has 0 unspecified atom stereocenters. The monoisotopic (exact) mass is 590 g/mol. The molecule has 4 rings (SSSR count). The first-order valence-electron chi connectivity index (χ1n) is 11.1. The van der Waals surface area contributed by atoms with E-state index in [2.05, 4.69) is 5.32 Å². The van der Waals surface area contributed by atoms with Crippen molar-refractivity contribution >= 4 is 50.7 Å². The van der Waals surface area contributed by atoms with Gasteiger partial charge in [-0.3, -0.25) is 10.1 Å². The van der Waals surface area contributed by atoms with Crippen molar-refractivity contribution in [1.82, 2.24) is 5.32 Å². The summed E-state index contributed by atoms with van der Waals surface area (Å²) in [5, 5.41) is 4.75. The zero-order valence-corrected chi connectivity index (χ0v) is 22.3. The Morgan fingerprint density at radius 2 is 1.41 bits per heavy atom. The van der Waals surface area contributed by atoms with Gasteiger partial charge in [0.05, 0.1) is 14.8 Å². The highest BCUT2D eigenvalue weighted by Crippen LogP contribution is 2.35. The molecule has 0 aliphatic heterocycles. The Hall–Kier alpha value is -3.99. The predicted octanol–water partition coefficient (Wildman–Crippen LogP) is 7.17. The van der Waals surface area contributed by atoms with Crippen LogP contribution in [0.15, 0.2) is 88.7 Å². The number of aryl methyl sites for hydroxylation is 1. The molecule has 0 aliphatic carbocycles. The molecule has 200 valence electrons. The summed E-state index contributed by atoms with van der Waals surface area (Å²) in [6.07, 6.45) is 0. The van der Waals surface area contributed by atoms with E-state index in [9.17, 15) is 26.8 Å². The largest absolute Gasteiger partial charge is 0.456 e. The number of ether oxygens (including phenoxy) is 1. The van der Waals surface area contributed by atoms with Crippen LogP contribution < -0.4 is 15.4 Å². The van der Waals surface area contributed by atoms with E-state index in [1.54, 1.807) is 6.92 Å². The maximum atomic E-state index is 13.8. The van der Waals surface area contributed by atoms with Gasteiger partial charge in [-0.1, -0.05) is 29.3 Å². The maximum absolute atomic E-state index is 13.8. The van der Waals surface area contributed by atoms with Gasteiger partial charge in [0, 0.05) is 10.7 Å². The summed E-state index contributed by atoms with van der Waals surface area (Å²) in [5.74, 6) is -2.98. The smallest absolute Gasteiger partial charge is 0.326 e. The SMILES string of the molecule is Cc1cc(Oc2ccc(S(=O)(=O)c3ccc(Cl)cc3)cc2)c(Cl)cc1NC(=O)NC(=O)c1c(F)cccc1F.